The van der Waals surface area contributed by atoms with Gasteiger partial charge in [-0.25, -0.2) is 8.42 Å². The normalized spacial score (nSPS) is 11.1. The average Bonchev–Trinajstić information content (AvgIpc) is 2.25. The molecule has 6 heteroatoms. The Bertz CT molecular complexity index is 549. The molecule has 0 amide bonds. The second kappa shape index (κ2) is 5.17. The summed E-state index contributed by atoms with van der Waals surface area (Å²) in [6, 6.07) is 5.14. The van der Waals surface area contributed by atoms with Crippen molar-refractivity contribution in [1.82, 2.24) is 0 Å². The third kappa shape index (κ3) is 2.76. The van der Waals surface area contributed by atoms with Gasteiger partial charge in [-0.2, -0.15) is 5.26 Å². The molecule has 16 heavy (non-hydrogen) atoms. The first-order valence-electron chi connectivity index (χ1n) is 4.50. The molecule has 0 aromatic heterocycles. The molecule has 0 aliphatic carbocycles. The van der Waals surface area contributed by atoms with Gasteiger partial charge in [0.1, 0.15) is 11.0 Å². The van der Waals surface area contributed by atoms with Gasteiger partial charge < -0.3 is 0 Å². The molecule has 0 heterocycles. The fraction of sp³-hybridized carbons (Fsp3) is 0.300. The molecule has 1 aromatic rings. The van der Waals surface area contributed by atoms with Crippen LogP contribution in [0.4, 0.5) is 0 Å². The van der Waals surface area contributed by atoms with Crippen LogP contribution in [-0.4, -0.2) is 8.42 Å². The van der Waals surface area contributed by atoms with E-state index in [-0.39, 0.29) is 10.5 Å². The largest absolute Gasteiger partial charge is 0.262 e. The Morgan fingerprint density at radius 2 is 2.12 bits per heavy atom. The summed E-state index contributed by atoms with van der Waals surface area (Å²) in [5, 5.41) is 9.50. The van der Waals surface area contributed by atoms with Crippen LogP contribution in [-0.2, 0) is 20.8 Å². The number of hydrogen-bond acceptors (Lipinski definition) is 3. The van der Waals surface area contributed by atoms with E-state index in [9.17, 15) is 8.42 Å². The molecule has 0 atom stereocenters. The maximum Gasteiger partial charge on any atom is 0.262 e. The van der Waals surface area contributed by atoms with Gasteiger partial charge in [0.05, 0.1) is 5.56 Å². The van der Waals surface area contributed by atoms with Gasteiger partial charge in [0.25, 0.3) is 9.05 Å². The third-order valence-corrected chi connectivity index (χ3v) is 4.21. The molecule has 1 rings (SSSR count). The van der Waals surface area contributed by atoms with Crippen LogP contribution < -0.4 is 0 Å². The van der Waals surface area contributed by atoms with Crippen molar-refractivity contribution in [2.75, 3.05) is 0 Å². The summed E-state index contributed by atoms with van der Waals surface area (Å²) in [7, 11) is 1.45. The minimum atomic E-state index is -3.88. The molecule has 0 spiro atoms. The van der Waals surface area contributed by atoms with Crippen LogP contribution in [0.2, 0.25) is 0 Å². The van der Waals surface area contributed by atoms with E-state index in [1.807, 2.05) is 13.0 Å². The fourth-order valence-electron chi connectivity index (χ4n) is 1.47. The number of aryl methyl sites for hydroxylation is 1. The maximum absolute atomic E-state index is 11.4. The first kappa shape index (κ1) is 13.5. The average molecular weight is 323 g/mol. The molecule has 0 fully saturated rings. The van der Waals surface area contributed by atoms with E-state index in [2.05, 4.69) is 15.9 Å². The van der Waals surface area contributed by atoms with Crippen LogP contribution in [0.5, 0.6) is 0 Å². The van der Waals surface area contributed by atoms with Crippen molar-refractivity contribution < 1.29 is 8.42 Å². The number of benzene rings is 1. The maximum atomic E-state index is 11.4. The second-order valence-electron chi connectivity index (χ2n) is 3.17. The highest BCUT2D eigenvalue weighted by atomic mass is 79.9. The van der Waals surface area contributed by atoms with Crippen molar-refractivity contribution >= 4 is 35.7 Å². The van der Waals surface area contributed by atoms with Gasteiger partial charge in [-0.3, -0.25) is 0 Å². The van der Waals surface area contributed by atoms with Crippen LogP contribution >= 0.6 is 26.6 Å². The van der Waals surface area contributed by atoms with E-state index in [0.717, 1.165) is 5.56 Å². The van der Waals surface area contributed by atoms with Gasteiger partial charge >= 0.3 is 0 Å². The molecule has 0 bridgehead atoms. The highest BCUT2D eigenvalue weighted by Crippen LogP contribution is 2.27. The van der Waals surface area contributed by atoms with E-state index in [4.69, 9.17) is 15.9 Å². The van der Waals surface area contributed by atoms with Crippen LogP contribution in [0.25, 0.3) is 0 Å². The van der Waals surface area contributed by atoms with Crippen LogP contribution in [0.15, 0.2) is 17.0 Å². The second-order valence-corrected chi connectivity index (χ2v) is 6.23. The topological polar surface area (TPSA) is 57.9 Å². The number of halogens is 2. The van der Waals surface area contributed by atoms with Crippen LogP contribution in [0.1, 0.15) is 23.6 Å². The predicted molar refractivity (Wildman–Crippen MR) is 66.2 cm³/mol. The summed E-state index contributed by atoms with van der Waals surface area (Å²) in [6.45, 7) is 1.82. The zero-order chi connectivity index (χ0) is 12.3. The molecule has 0 radical (unpaired) electrons. The summed E-state index contributed by atoms with van der Waals surface area (Å²) in [4.78, 5) is -0.0659. The first-order valence-corrected chi connectivity index (χ1v) is 7.93. The highest BCUT2D eigenvalue weighted by molar-refractivity contribution is 9.08. The molecular weight excluding hydrogens is 314 g/mol. The number of rotatable bonds is 3. The molecule has 86 valence electrons. The molecule has 0 saturated carbocycles. The highest BCUT2D eigenvalue weighted by Gasteiger charge is 2.20. The zero-order valence-corrected chi connectivity index (χ0v) is 11.7. The zero-order valence-electron chi connectivity index (χ0n) is 8.50. The quantitative estimate of drug-likeness (QED) is 0.635. The Balaban J connectivity index is 3.65. The van der Waals surface area contributed by atoms with Crippen molar-refractivity contribution in [2.45, 2.75) is 23.6 Å². The van der Waals surface area contributed by atoms with Gasteiger partial charge in [-0.15, -0.1) is 0 Å². The summed E-state index contributed by atoms with van der Waals surface area (Å²) < 4.78 is 22.8. The summed E-state index contributed by atoms with van der Waals surface area (Å²) >= 11 is 3.27. The lowest BCUT2D eigenvalue weighted by Crippen LogP contribution is -2.02. The van der Waals surface area contributed by atoms with Crippen molar-refractivity contribution in [3.05, 3.63) is 28.8 Å². The van der Waals surface area contributed by atoms with Crippen molar-refractivity contribution in [3.8, 4) is 6.07 Å². The van der Waals surface area contributed by atoms with E-state index in [0.29, 0.717) is 17.3 Å². The van der Waals surface area contributed by atoms with Crippen molar-refractivity contribution in [2.24, 2.45) is 0 Å². The molecule has 0 aliphatic heterocycles. The van der Waals surface area contributed by atoms with E-state index >= 15 is 0 Å². The van der Waals surface area contributed by atoms with E-state index in [1.165, 1.54) is 6.07 Å². The number of alkyl halides is 1. The lowest BCUT2D eigenvalue weighted by Gasteiger charge is -2.08. The minimum Gasteiger partial charge on any atom is -0.207 e. The first-order chi connectivity index (χ1) is 7.43. The third-order valence-electron chi connectivity index (χ3n) is 2.13. The Hall–Kier alpha value is -0.570. The lowest BCUT2D eigenvalue weighted by atomic mass is 10.1. The molecule has 0 aliphatic rings. The number of hydrogen-bond donors (Lipinski definition) is 0. The molecule has 3 nitrogen and oxygen atoms in total. The molecule has 0 N–H and O–H groups in total. The fourth-order valence-corrected chi connectivity index (χ4v) is 3.22. The number of nitriles is 1. The molecule has 0 saturated heterocycles. The van der Waals surface area contributed by atoms with Gasteiger partial charge in [0.15, 0.2) is 0 Å². The Labute approximate surface area is 108 Å². The minimum absolute atomic E-state index is 0.0659. The van der Waals surface area contributed by atoms with Gasteiger partial charge in [-0.05, 0) is 23.6 Å². The standard InChI is InChI=1S/C10H9BrClNO2S/c1-2-8-3-7(5-11)4-9(6-13)10(8)16(12,14)15/h3-4H,2,5H2,1H3. The molecular formula is C10H9BrClNO2S. The summed E-state index contributed by atoms with van der Waals surface area (Å²) in [6.07, 6.45) is 0.511. The number of nitrogens with zero attached hydrogens (tertiary/aromatic N) is 1. The van der Waals surface area contributed by atoms with Gasteiger partial charge in [0, 0.05) is 16.0 Å². The lowest BCUT2D eigenvalue weighted by molar-refractivity contribution is 0.608. The predicted octanol–water partition coefficient (Wildman–Crippen LogP) is 2.94. The van der Waals surface area contributed by atoms with Crippen LogP contribution in [0.3, 0.4) is 0 Å². The molecule has 1 aromatic carbocycles. The van der Waals surface area contributed by atoms with Gasteiger partial charge in [0.2, 0.25) is 0 Å². The van der Waals surface area contributed by atoms with E-state index in [1.54, 1.807) is 6.07 Å². The Morgan fingerprint density at radius 1 is 1.50 bits per heavy atom. The van der Waals surface area contributed by atoms with Crippen molar-refractivity contribution in [3.63, 3.8) is 0 Å². The summed E-state index contributed by atoms with van der Waals surface area (Å²) in [5.74, 6) is 0. The van der Waals surface area contributed by atoms with Crippen molar-refractivity contribution in [1.29, 1.82) is 5.26 Å². The Morgan fingerprint density at radius 3 is 2.50 bits per heavy atom. The van der Waals surface area contributed by atoms with Gasteiger partial charge in [-0.1, -0.05) is 28.9 Å². The smallest absolute Gasteiger partial charge is 0.207 e. The summed E-state index contributed by atoms with van der Waals surface area (Å²) in [5.41, 5.74) is 1.53. The van der Waals surface area contributed by atoms with Crippen LogP contribution in [0, 0.1) is 11.3 Å². The van der Waals surface area contributed by atoms with E-state index < -0.39 is 9.05 Å². The monoisotopic (exact) mass is 321 g/mol. The Kier molecular flexibility index (Phi) is 4.36. The molecule has 0 unspecified atom stereocenters. The SMILES string of the molecule is CCc1cc(CBr)cc(C#N)c1S(=O)(=O)Cl.